The predicted octanol–water partition coefficient (Wildman–Crippen LogP) is 1.24. The van der Waals surface area contributed by atoms with Crippen LogP contribution in [0.4, 0.5) is 11.4 Å². The zero-order valence-corrected chi connectivity index (χ0v) is 13.1. The minimum atomic E-state index is -2.95. The molecule has 1 amide bonds. The second kappa shape index (κ2) is 4.62. The maximum Gasteiger partial charge on any atom is 0.243 e. The Morgan fingerprint density at radius 2 is 2.16 bits per heavy atom. The Bertz CT molecular complexity index is 644. The fourth-order valence-corrected chi connectivity index (χ4v) is 4.86. The third-order valence-corrected chi connectivity index (χ3v) is 5.93. The van der Waals surface area contributed by atoms with Crippen LogP contribution >= 0.6 is 22.6 Å². The molecule has 5 nitrogen and oxygen atoms in total. The van der Waals surface area contributed by atoms with Gasteiger partial charge in [-0.25, -0.2) is 8.42 Å². The molecular weight excluding hydrogens is 379 g/mol. The molecule has 3 rings (SSSR count). The highest BCUT2D eigenvalue weighted by Crippen LogP contribution is 2.34. The number of fused-ring (bicyclic) bond motifs is 1. The molecule has 0 aliphatic carbocycles. The first-order valence-corrected chi connectivity index (χ1v) is 8.91. The van der Waals surface area contributed by atoms with Gasteiger partial charge in [-0.3, -0.25) is 4.79 Å². The number of sulfone groups is 1. The number of carbonyl (C=O) groups excluding carboxylic acids is 1. The summed E-state index contributed by atoms with van der Waals surface area (Å²) in [6.07, 6.45) is 0.598. The van der Waals surface area contributed by atoms with Crippen molar-refractivity contribution < 1.29 is 13.2 Å². The summed E-state index contributed by atoms with van der Waals surface area (Å²) >= 11 is 2.19. The van der Waals surface area contributed by atoms with Gasteiger partial charge in [-0.15, -0.1) is 0 Å². The smallest absolute Gasteiger partial charge is 0.243 e. The number of benzene rings is 1. The third kappa shape index (κ3) is 2.58. The van der Waals surface area contributed by atoms with Gasteiger partial charge in [-0.05, 0) is 47.2 Å². The van der Waals surface area contributed by atoms with Crippen molar-refractivity contribution in [2.75, 3.05) is 28.3 Å². The highest BCUT2D eigenvalue weighted by Gasteiger charge is 2.35. The third-order valence-electron chi connectivity index (χ3n) is 3.51. The van der Waals surface area contributed by atoms with Crippen LogP contribution < -0.4 is 10.2 Å². The number of nitrogens with one attached hydrogen (secondary N) is 1. The topological polar surface area (TPSA) is 66.5 Å². The lowest BCUT2D eigenvalue weighted by molar-refractivity contribution is -0.115. The van der Waals surface area contributed by atoms with Gasteiger partial charge in [0.1, 0.15) is 0 Å². The number of halogens is 1. The zero-order valence-electron chi connectivity index (χ0n) is 10.1. The molecule has 7 heteroatoms. The Morgan fingerprint density at radius 1 is 1.37 bits per heavy atom. The van der Waals surface area contributed by atoms with Crippen LogP contribution in [0.25, 0.3) is 0 Å². The van der Waals surface area contributed by atoms with Gasteiger partial charge in [0.05, 0.1) is 29.4 Å². The maximum absolute atomic E-state index is 11.8. The molecule has 19 heavy (non-hydrogen) atoms. The fourth-order valence-electron chi connectivity index (χ4n) is 2.64. The van der Waals surface area contributed by atoms with E-state index in [2.05, 4.69) is 27.9 Å². The minimum absolute atomic E-state index is 0.0844. The number of amides is 1. The minimum Gasteiger partial charge on any atom is -0.356 e. The van der Waals surface area contributed by atoms with E-state index in [1.807, 2.05) is 23.1 Å². The molecule has 2 aliphatic heterocycles. The van der Waals surface area contributed by atoms with Crippen LogP contribution in [0.5, 0.6) is 0 Å². The van der Waals surface area contributed by atoms with Gasteiger partial charge < -0.3 is 10.2 Å². The Kier molecular flexibility index (Phi) is 3.20. The summed E-state index contributed by atoms with van der Waals surface area (Å²) in [5, 5.41) is 2.84. The summed E-state index contributed by atoms with van der Waals surface area (Å²) in [5.74, 6) is 0.278. The first-order valence-electron chi connectivity index (χ1n) is 6.01. The SMILES string of the molecule is O=C1CN(C2CCS(=O)(=O)C2)c2ccc(I)cc2N1. The molecule has 0 spiro atoms. The van der Waals surface area contributed by atoms with Crippen LogP contribution in [0.2, 0.25) is 0 Å². The van der Waals surface area contributed by atoms with E-state index in [-0.39, 0.29) is 30.0 Å². The highest BCUT2D eigenvalue weighted by atomic mass is 127. The van der Waals surface area contributed by atoms with E-state index in [1.165, 1.54) is 0 Å². The molecule has 1 atom stereocenters. The standard InChI is InChI=1S/C12H13IN2O3S/c13-8-1-2-11-10(5-8)14-12(16)6-15(11)9-3-4-19(17,18)7-9/h1-2,5,9H,3-4,6-7H2,(H,14,16). The van der Waals surface area contributed by atoms with Gasteiger partial charge in [-0.2, -0.15) is 0 Å². The van der Waals surface area contributed by atoms with E-state index in [4.69, 9.17) is 0 Å². The largest absolute Gasteiger partial charge is 0.356 e. The summed E-state index contributed by atoms with van der Waals surface area (Å²) in [6.45, 7) is 0.230. The summed E-state index contributed by atoms with van der Waals surface area (Å²) in [5.41, 5.74) is 1.69. The molecule has 0 aromatic heterocycles. The molecule has 1 unspecified atom stereocenters. The summed E-state index contributed by atoms with van der Waals surface area (Å²) < 4.78 is 24.2. The second-order valence-corrected chi connectivity index (χ2v) is 8.37. The van der Waals surface area contributed by atoms with Crippen molar-refractivity contribution in [1.82, 2.24) is 0 Å². The molecular formula is C12H13IN2O3S. The van der Waals surface area contributed by atoms with Crippen molar-refractivity contribution >= 4 is 49.7 Å². The molecule has 1 fully saturated rings. The van der Waals surface area contributed by atoms with Crippen molar-refractivity contribution in [2.24, 2.45) is 0 Å². The van der Waals surface area contributed by atoms with E-state index in [0.717, 1.165) is 14.9 Å². The van der Waals surface area contributed by atoms with Gasteiger partial charge >= 0.3 is 0 Å². The molecule has 2 aliphatic rings. The van der Waals surface area contributed by atoms with Gasteiger partial charge in [0.2, 0.25) is 5.91 Å². The van der Waals surface area contributed by atoms with Crippen LogP contribution in [0, 0.1) is 3.57 Å². The first-order chi connectivity index (χ1) is 8.94. The fraction of sp³-hybridized carbons (Fsp3) is 0.417. The zero-order chi connectivity index (χ0) is 13.6. The molecule has 0 saturated carbocycles. The highest BCUT2D eigenvalue weighted by molar-refractivity contribution is 14.1. The van der Waals surface area contributed by atoms with Crippen LogP contribution in [-0.2, 0) is 14.6 Å². The number of carbonyl (C=O) groups is 1. The van der Waals surface area contributed by atoms with Gasteiger partial charge in [0.15, 0.2) is 9.84 Å². The molecule has 0 bridgehead atoms. The number of hydrogen-bond donors (Lipinski definition) is 1. The van der Waals surface area contributed by atoms with Crippen LogP contribution in [0.15, 0.2) is 18.2 Å². The van der Waals surface area contributed by atoms with Crippen LogP contribution in [0.3, 0.4) is 0 Å². The van der Waals surface area contributed by atoms with Crippen molar-refractivity contribution in [3.05, 3.63) is 21.8 Å². The molecule has 1 aromatic carbocycles. The molecule has 1 saturated heterocycles. The van der Waals surface area contributed by atoms with Gasteiger partial charge in [-0.1, -0.05) is 0 Å². The number of anilines is 2. The Morgan fingerprint density at radius 3 is 2.84 bits per heavy atom. The Labute approximate surface area is 125 Å². The first kappa shape index (κ1) is 13.2. The Balaban J connectivity index is 1.98. The van der Waals surface area contributed by atoms with Crippen LogP contribution in [-0.4, -0.2) is 38.4 Å². The molecule has 2 heterocycles. The van der Waals surface area contributed by atoms with Crippen molar-refractivity contribution in [1.29, 1.82) is 0 Å². The summed E-state index contributed by atoms with van der Waals surface area (Å²) in [4.78, 5) is 13.7. The lowest BCUT2D eigenvalue weighted by Gasteiger charge is -2.35. The average molecular weight is 392 g/mol. The predicted molar refractivity (Wildman–Crippen MR) is 82.2 cm³/mol. The van der Waals surface area contributed by atoms with Gasteiger partial charge in [0, 0.05) is 9.61 Å². The molecule has 1 aromatic rings. The Hall–Kier alpha value is -0.830. The lowest BCUT2D eigenvalue weighted by Crippen LogP contribution is -2.45. The quantitative estimate of drug-likeness (QED) is 0.731. The summed E-state index contributed by atoms with van der Waals surface area (Å²) in [6, 6.07) is 5.73. The van der Waals surface area contributed by atoms with E-state index in [9.17, 15) is 13.2 Å². The normalized spacial score (nSPS) is 25.0. The van der Waals surface area contributed by atoms with E-state index in [0.29, 0.717) is 6.42 Å². The molecule has 102 valence electrons. The van der Waals surface area contributed by atoms with E-state index >= 15 is 0 Å². The molecule has 0 radical (unpaired) electrons. The van der Waals surface area contributed by atoms with E-state index < -0.39 is 9.84 Å². The number of hydrogen-bond acceptors (Lipinski definition) is 4. The average Bonchev–Trinajstić information content (AvgIpc) is 2.68. The second-order valence-electron chi connectivity index (χ2n) is 4.89. The lowest BCUT2D eigenvalue weighted by atomic mass is 10.1. The maximum atomic E-state index is 11.8. The van der Waals surface area contributed by atoms with Crippen LogP contribution in [0.1, 0.15) is 6.42 Å². The van der Waals surface area contributed by atoms with Gasteiger partial charge in [0.25, 0.3) is 0 Å². The molecule has 1 N–H and O–H groups in total. The van der Waals surface area contributed by atoms with Crippen molar-refractivity contribution in [2.45, 2.75) is 12.5 Å². The van der Waals surface area contributed by atoms with Crippen molar-refractivity contribution in [3.8, 4) is 0 Å². The number of nitrogens with zero attached hydrogens (tertiary/aromatic N) is 1. The number of rotatable bonds is 1. The monoisotopic (exact) mass is 392 g/mol. The van der Waals surface area contributed by atoms with Crippen molar-refractivity contribution in [3.63, 3.8) is 0 Å². The summed E-state index contributed by atoms with van der Waals surface area (Å²) in [7, 11) is -2.95. The van der Waals surface area contributed by atoms with E-state index in [1.54, 1.807) is 0 Å².